The van der Waals surface area contributed by atoms with E-state index in [4.69, 9.17) is 8.83 Å². The third-order valence-electron chi connectivity index (χ3n) is 5.50. The Hall–Kier alpha value is -3.98. The van der Waals surface area contributed by atoms with Gasteiger partial charge >= 0.3 is 0 Å². The molecule has 1 aliphatic heterocycles. The fraction of sp³-hybridized carbons (Fsp3) is 0.130. The number of furan rings is 2. The largest absolute Gasteiger partial charge is 0.463 e. The van der Waals surface area contributed by atoms with Crippen molar-refractivity contribution in [1.82, 2.24) is 14.6 Å². The van der Waals surface area contributed by atoms with E-state index in [9.17, 15) is 9.59 Å². The third-order valence-corrected chi connectivity index (χ3v) is 6.47. The predicted octanol–water partition coefficient (Wildman–Crippen LogP) is 4.18. The quantitative estimate of drug-likeness (QED) is 0.415. The molecule has 158 valence electrons. The van der Waals surface area contributed by atoms with E-state index < -0.39 is 5.56 Å². The Morgan fingerprint density at radius 3 is 2.88 bits per heavy atom. The van der Waals surface area contributed by atoms with Crippen LogP contribution in [0.15, 0.2) is 85.2 Å². The van der Waals surface area contributed by atoms with Gasteiger partial charge in [-0.25, -0.2) is 9.99 Å². The Bertz CT molecular complexity index is 1530. The van der Waals surface area contributed by atoms with Crippen molar-refractivity contribution in [3.05, 3.63) is 87.5 Å². The average Bonchev–Trinajstić information content (AvgIpc) is 3.60. The normalized spacial score (nSPS) is 16.2. The number of rotatable bonds is 4. The van der Waals surface area contributed by atoms with E-state index in [-0.39, 0.29) is 24.1 Å². The van der Waals surface area contributed by atoms with Crippen LogP contribution in [0.25, 0.3) is 22.1 Å². The van der Waals surface area contributed by atoms with E-state index in [0.29, 0.717) is 29.0 Å². The zero-order chi connectivity index (χ0) is 21.7. The van der Waals surface area contributed by atoms with Crippen LogP contribution in [-0.2, 0) is 11.3 Å². The predicted molar refractivity (Wildman–Crippen MR) is 120 cm³/mol. The van der Waals surface area contributed by atoms with Gasteiger partial charge in [0.2, 0.25) is 5.58 Å². The molecule has 9 heteroatoms. The highest BCUT2D eigenvalue weighted by molar-refractivity contribution is 7.10. The highest BCUT2D eigenvalue weighted by Gasteiger charge is 2.34. The lowest BCUT2D eigenvalue weighted by Crippen LogP contribution is -2.33. The number of fused-ring (bicyclic) bond motifs is 3. The van der Waals surface area contributed by atoms with Gasteiger partial charge in [0, 0.05) is 16.7 Å². The molecule has 1 unspecified atom stereocenters. The fourth-order valence-electron chi connectivity index (χ4n) is 3.98. The van der Waals surface area contributed by atoms with E-state index in [1.807, 2.05) is 41.8 Å². The number of para-hydroxylation sites is 1. The van der Waals surface area contributed by atoms with Crippen molar-refractivity contribution in [3.63, 3.8) is 0 Å². The van der Waals surface area contributed by atoms with Crippen molar-refractivity contribution in [1.29, 1.82) is 0 Å². The molecule has 5 aromatic rings. The number of thiophene rings is 1. The van der Waals surface area contributed by atoms with E-state index in [1.54, 1.807) is 29.7 Å². The first kappa shape index (κ1) is 18.8. The summed E-state index contributed by atoms with van der Waals surface area (Å²) in [5, 5.41) is 8.72. The molecule has 0 aliphatic carbocycles. The van der Waals surface area contributed by atoms with Crippen LogP contribution in [0.3, 0.4) is 0 Å². The molecular formula is C23H16N4O4S. The summed E-state index contributed by atoms with van der Waals surface area (Å²) in [6, 6.07) is 14.6. The second-order valence-electron chi connectivity index (χ2n) is 7.45. The Morgan fingerprint density at radius 1 is 1.16 bits per heavy atom. The average molecular weight is 444 g/mol. The van der Waals surface area contributed by atoms with Crippen LogP contribution < -0.4 is 5.56 Å². The Morgan fingerprint density at radius 2 is 2.06 bits per heavy atom. The van der Waals surface area contributed by atoms with Crippen LogP contribution in [0.5, 0.6) is 0 Å². The van der Waals surface area contributed by atoms with Gasteiger partial charge in [-0.2, -0.15) is 5.10 Å². The van der Waals surface area contributed by atoms with E-state index >= 15 is 0 Å². The monoisotopic (exact) mass is 444 g/mol. The number of benzene rings is 1. The van der Waals surface area contributed by atoms with Gasteiger partial charge in [0.25, 0.3) is 11.5 Å². The SMILES string of the molecule is O=C(Cn1cnc2c(oc3ccccc32)c1=O)N1N=C(c2ccco2)CC1c1cccs1. The van der Waals surface area contributed by atoms with Gasteiger partial charge in [0.15, 0.2) is 0 Å². The molecular weight excluding hydrogens is 428 g/mol. The van der Waals surface area contributed by atoms with Crippen molar-refractivity contribution in [2.45, 2.75) is 19.0 Å². The van der Waals surface area contributed by atoms with E-state index in [1.165, 1.54) is 15.9 Å². The fourth-order valence-corrected chi connectivity index (χ4v) is 4.79. The number of hydrazone groups is 1. The minimum atomic E-state index is -0.401. The molecule has 8 nitrogen and oxygen atoms in total. The standard InChI is InChI=1S/C23H16N4O4S/c28-20(12-26-13-24-21-14-5-1-2-6-17(14)31-22(21)23(26)29)27-16(19-8-4-10-32-19)11-15(25-27)18-7-3-9-30-18/h1-10,13,16H,11-12H2. The number of aromatic nitrogens is 2. The lowest BCUT2D eigenvalue weighted by molar-refractivity contribution is -0.133. The van der Waals surface area contributed by atoms with Gasteiger partial charge in [0.05, 0.1) is 18.6 Å². The van der Waals surface area contributed by atoms with E-state index in [0.717, 1.165) is 10.3 Å². The maximum absolute atomic E-state index is 13.3. The molecule has 0 spiro atoms. The number of nitrogens with zero attached hydrogens (tertiary/aromatic N) is 4. The summed E-state index contributed by atoms with van der Waals surface area (Å²) in [5.41, 5.74) is 1.50. The van der Waals surface area contributed by atoms with Crippen molar-refractivity contribution in [2.24, 2.45) is 5.10 Å². The van der Waals surface area contributed by atoms with Gasteiger partial charge < -0.3 is 8.83 Å². The molecule has 32 heavy (non-hydrogen) atoms. The third kappa shape index (κ3) is 2.97. The molecule has 0 saturated heterocycles. The second kappa shape index (κ2) is 7.31. The van der Waals surface area contributed by atoms with Gasteiger partial charge in [0.1, 0.15) is 29.1 Å². The van der Waals surface area contributed by atoms with Crippen LogP contribution in [0.1, 0.15) is 23.1 Å². The smallest absolute Gasteiger partial charge is 0.297 e. The molecule has 4 aromatic heterocycles. The molecule has 0 N–H and O–H groups in total. The number of hydrogen-bond acceptors (Lipinski definition) is 7. The van der Waals surface area contributed by atoms with Crippen LogP contribution >= 0.6 is 11.3 Å². The molecule has 0 saturated carbocycles. The molecule has 5 heterocycles. The van der Waals surface area contributed by atoms with Crippen LogP contribution in [-0.4, -0.2) is 26.2 Å². The highest BCUT2D eigenvalue weighted by atomic mass is 32.1. The molecule has 1 amide bonds. The minimum absolute atomic E-state index is 0.137. The molecule has 0 radical (unpaired) electrons. The Balaban J connectivity index is 1.36. The maximum atomic E-state index is 13.3. The molecule has 0 bridgehead atoms. The van der Waals surface area contributed by atoms with Crippen molar-refractivity contribution >= 4 is 45.0 Å². The summed E-state index contributed by atoms with van der Waals surface area (Å²) in [6.07, 6.45) is 3.50. The topological polar surface area (TPSA) is 93.8 Å². The first-order valence-electron chi connectivity index (χ1n) is 10.0. The zero-order valence-corrected chi connectivity index (χ0v) is 17.5. The number of carbonyl (C=O) groups is 1. The molecule has 1 atom stereocenters. The molecule has 6 rings (SSSR count). The van der Waals surface area contributed by atoms with Gasteiger partial charge in [-0.15, -0.1) is 11.3 Å². The van der Waals surface area contributed by atoms with Gasteiger partial charge in [-0.3, -0.25) is 14.2 Å². The summed E-state index contributed by atoms with van der Waals surface area (Å²) in [4.78, 5) is 31.7. The first-order valence-corrected chi connectivity index (χ1v) is 10.9. The van der Waals surface area contributed by atoms with Crippen LogP contribution in [0.4, 0.5) is 0 Å². The summed E-state index contributed by atoms with van der Waals surface area (Å²) in [7, 11) is 0. The van der Waals surface area contributed by atoms with Crippen molar-refractivity contribution in [2.75, 3.05) is 0 Å². The van der Waals surface area contributed by atoms with Crippen LogP contribution in [0, 0.1) is 0 Å². The van der Waals surface area contributed by atoms with Gasteiger partial charge in [-0.05, 0) is 35.7 Å². The van der Waals surface area contributed by atoms with Crippen molar-refractivity contribution in [3.8, 4) is 0 Å². The Kier molecular flexibility index (Phi) is 4.29. The number of hydrogen-bond donors (Lipinski definition) is 0. The second-order valence-corrected chi connectivity index (χ2v) is 8.43. The lowest BCUT2D eigenvalue weighted by atomic mass is 10.1. The zero-order valence-electron chi connectivity index (χ0n) is 16.7. The summed E-state index contributed by atoms with van der Waals surface area (Å²) in [5.74, 6) is 0.314. The Labute approximate surface area is 185 Å². The highest BCUT2D eigenvalue weighted by Crippen LogP contribution is 2.35. The molecule has 1 aromatic carbocycles. The summed E-state index contributed by atoms with van der Waals surface area (Å²) in [6.45, 7) is -0.199. The number of carbonyl (C=O) groups excluding carboxylic acids is 1. The van der Waals surface area contributed by atoms with Crippen LogP contribution in [0.2, 0.25) is 0 Å². The summed E-state index contributed by atoms with van der Waals surface area (Å²) < 4.78 is 12.5. The van der Waals surface area contributed by atoms with E-state index in [2.05, 4.69) is 10.1 Å². The molecule has 0 fully saturated rings. The lowest BCUT2D eigenvalue weighted by Gasteiger charge is -2.20. The van der Waals surface area contributed by atoms with Crippen molar-refractivity contribution < 1.29 is 13.6 Å². The number of amides is 1. The minimum Gasteiger partial charge on any atom is -0.463 e. The van der Waals surface area contributed by atoms with Gasteiger partial charge in [-0.1, -0.05) is 18.2 Å². The maximum Gasteiger partial charge on any atom is 0.297 e. The summed E-state index contributed by atoms with van der Waals surface area (Å²) >= 11 is 1.56. The first-order chi connectivity index (χ1) is 15.7. The molecule has 1 aliphatic rings.